The summed E-state index contributed by atoms with van der Waals surface area (Å²) in [4.78, 5) is 12.6. The molecule has 0 saturated heterocycles. The molecule has 2 aromatic rings. The first-order valence-electron chi connectivity index (χ1n) is 15.7. The molecule has 1 atom stereocenters. The second kappa shape index (κ2) is 19.7. The van der Waals surface area contributed by atoms with Crippen LogP contribution in [0.1, 0.15) is 108 Å². The first-order valence-corrected chi connectivity index (χ1v) is 15.7. The molecule has 0 radical (unpaired) electrons. The van der Waals surface area contributed by atoms with E-state index in [9.17, 15) is 4.79 Å². The lowest BCUT2D eigenvalue weighted by Crippen LogP contribution is -2.51. The van der Waals surface area contributed by atoms with Crippen LogP contribution in [0.5, 0.6) is 5.75 Å². The van der Waals surface area contributed by atoms with Crippen LogP contribution in [0.15, 0.2) is 54.6 Å². The van der Waals surface area contributed by atoms with Crippen molar-refractivity contribution in [2.75, 3.05) is 27.3 Å². The molecule has 1 unspecified atom stereocenters. The zero-order valence-corrected chi connectivity index (χ0v) is 25.5. The zero-order chi connectivity index (χ0) is 28.2. The molecule has 0 bridgehead atoms. The first-order chi connectivity index (χ1) is 18.9. The van der Waals surface area contributed by atoms with E-state index in [1.807, 2.05) is 25.1 Å². The molecule has 0 amide bonds. The summed E-state index contributed by atoms with van der Waals surface area (Å²) in [6, 6.07) is 18.5. The Bertz CT molecular complexity index is 879. The minimum absolute atomic E-state index is 0.155. The average Bonchev–Trinajstić information content (AvgIpc) is 2.94. The van der Waals surface area contributed by atoms with Crippen LogP contribution in [-0.2, 0) is 22.5 Å². The number of benzene rings is 2. The molecule has 0 aliphatic carbocycles. The highest BCUT2D eigenvalue weighted by Crippen LogP contribution is 2.17. The van der Waals surface area contributed by atoms with E-state index >= 15 is 0 Å². The fourth-order valence-electron chi connectivity index (χ4n) is 4.94. The Hall–Kier alpha value is -2.33. The number of ether oxygens (including phenoxy) is 2. The molecule has 218 valence electrons. The summed E-state index contributed by atoms with van der Waals surface area (Å²) in [6.07, 6.45) is 18.5. The van der Waals surface area contributed by atoms with Crippen molar-refractivity contribution in [2.24, 2.45) is 0 Å². The monoisotopic (exact) mass is 538 g/mol. The van der Waals surface area contributed by atoms with Gasteiger partial charge in [0, 0.05) is 12.0 Å². The van der Waals surface area contributed by atoms with Crippen molar-refractivity contribution in [1.82, 2.24) is 0 Å². The number of carbonyl (C=O) groups excluding carboxylic acids is 1. The Balaban J connectivity index is 1.49. The summed E-state index contributed by atoms with van der Waals surface area (Å²) in [7, 11) is 4.15. The van der Waals surface area contributed by atoms with Crippen molar-refractivity contribution in [3.63, 3.8) is 0 Å². The molecule has 0 fully saturated rings. The van der Waals surface area contributed by atoms with Crippen LogP contribution in [0, 0.1) is 0 Å². The molecule has 0 spiro atoms. The van der Waals surface area contributed by atoms with Crippen molar-refractivity contribution in [3.05, 3.63) is 65.7 Å². The molecule has 0 N–H and O–H groups in total. The van der Waals surface area contributed by atoms with Gasteiger partial charge in [-0.05, 0) is 37.5 Å². The third-order valence-electron chi connectivity index (χ3n) is 7.87. The Kier molecular flexibility index (Phi) is 16.6. The van der Waals surface area contributed by atoms with Crippen molar-refractivity contribution < 1.29 is 18.8 Å². The second-order valence-electron chi connectivity index (χ2n) is 11.8. The fraction of sp³-hybridized carbons (Fsp3) is 0.629. The minimum Gasteiger partial charge on any atom is -0.493 e. The Labute approximate surface area is 239 Å². The van der Waals surface area contributed by atoms with E-state index in [1.54, 1.807) is 0 Å². The van der Waals surface area contributed by atoms with Gasteiger partial charge < -0.3 is 14.0 Å². The maximum Gasteiger partial charge on any atom is 0.364 e. The number of unbranched alkanes of at least 4 members (excludes halogenated alkanes) is 11. The minimum atomic E-state index is -0.233. The van der Waals surface area contributed by atoms with Crippen LogP contribution >= 0.6 is 0 Å². The van der Waals surface area contributed by atoms with Crippen LogP contribution in [0.3, 0.4) is 0 Å². The van der Waals surface area contributed by atoms with E-state index < -0.39 is 0 Å². The molecular weight excluding hydrogens is 482 g/mol. The quantitative estimate of drug-likeness (QED) is 0.0853. The molecule has 4 nitrogen and oxygen atoms in total. The summed E-state index contributed by atoms with van der Waals surface area (Å²) >= 11 is 0. The maximum atomic E-state index is 12.6. The highest BCUT2D eigenvalue weighted by molar-refractivity contribution is 5.74. The number of nitrogens with zero attached hydrogens (tertiary/aromatic N) is 1. The second-order valence-corrected chi connectivity index (χ2v) is 11.8. The molecule has 2 aromatic carbocycles. The van der Waals surface area contributed by atoms with E-state index in [4.69, 9.17) is 9.47 Å². The predicted molar refractivity (Wildman–Crippen MR) is 164 cm³/mol. The molecule has 2 rings (SSSR count). The Morgan fingerprint density at radius 1 is 0.692 bits per heavy atom. The number of esters is 1. The molecule has 0 aliphatic heterocycles. The first kappa shape index (κ1) is 32.9. The third kappa shape index (κ3) is 14.6. The highest BCUT2D eigenvalue weighted by atomic mass is 16.5. The van der Waals surface area contributed by atoms with E-state index in [1.165, 1.54) is 88.2 Å². The van der Waals surface area contributed by atoms with Crippen LogP contribution < -0.4 is 4.74 Å². The molecule has 0 saturated carbocycles. The van der Waals surface area contributed by atoms with Gasteiger partial charge in [0.2, 0.25) is 0 Å². The molecule has 0 heterocycles. The van der Waals surface area contributed by atoms with Gasteiger partial charge in [-0.3, -0.25) is 0 Å². The van der Waals surface area contributed by atoms with Gasteiger partial charge in [-0.2, -0.15) is 0 Å². The summed E-state index contributed by atoms with van der Waals surface area (Å²) in [5, 5.41) is 0. The lowest BCUT2D eigenvalue weighted by molar-refractivity contribution is -0.917. The zero-order valence-electron chi connectivity index (χ0n) is 25.5. The summed E-state index contributed by atoms with van der Waals surface area (Å²) in [5.74, 6) is 0.729. The van der Waals surface area contributed by atoms with Crippen LogP contribution in [0.25, 0.3) is 0 Å². The van der Waals surface area contributed by atoms with E-state index in [-0.39, 0.29) is 12.0 Å². The average molecular weight is 539 g/mol. The van der Waals surface area contributed by atoms with Gasteiger partial charge in [-0.25, -0.2) is 4.79 Å². The molecule has 0 aromatic heterocycles. The van der Waals surface area contributed by atoms with Gasteiger partial charge in [0.1, 0.15) is 12.3 Å². The number of aryl methyl sites for hydroxylation is 1. The van der Waals surface area contributed by atoms with Gasteiger partial charge >= 0.3 is 5.97 Å². The third-order valence-corrected chi connectivity index (χ3v) is 7.87. The predicted octanol–water partition coefficient (Wildman–Crippen LogP) is 8.91. The van der Waals surface area contributed by atoms with Crippen molar-refractivity contribution >= 4 is 5.97 Å². The summed E-state index contributed by atoms with van der Waals surface area (Å²) < 4.78 is 12.0. The standard InChI is InChI=1S/C35H56NO3/c1-5-6-7-8-9-10-11-12-13-14-15-17-21-32-24-26-34(27-25-32)38-28-20-29-39-35(37)31(2)36(3,4)30-33-22-18-16-19-23-33/h16,18-19,22-27,31H,5-15,17,20-21,28-30H2,1-4H3/q+1. The smallest absolute Gasteiger partial charge is 0.364 e. The molecular formula is C35H56NO3+. The SMILES string of the molecule is CCCCCCCCCCCCCCc1ccc(OCCCOC(=O)C(C)[N+](C)(C)Cc2ccccc2)cc1. The number of rotatable bonds is 22. The maximum absolute atomic E-state index is 12.6. The van der Waals surface area contributed by atoms with E-state index in [2.05, 4.69) is 57.4 Å². The number of hydrogen-bond acceptors (Lipinski definition) is 3. The highest BCUT2D eigenvalue weighted by Gasteiger charge is 2.32. The number of hydrogen-bond donors (Lipinski definition) is 0. The van der Waals surface area contributed by atoms with Crippen molar-refractivity contribution in [2.45, 2.75) is 116 Å². The van der Waals surface area contributed by atoms with Crippen LogP contribution in [-0.4, -0.2) is 43.8 Å². The van der Waals surface area contributed by atoms with Crippen LogP contribution in [0.4, 0.5) is 0 Å². The normalized spacial score (nSPS) is 12.3. The molecule has 0 aliphatic rings. The van der Waals surface area contributed by atoms with Gasteiger partial charge in [0.05, 0.1) is 27.3 Å². The van der Waals surface area contributed by atoms with E-state index in [0.29, 0.717) is 24.1 Å². The number of quaternary nitrogens is 1. The van der Waals surface area contributed by atoms with Gasteiger partial charge in [0.25, 0.3) is 0 Å². The fourth-order valence-corrected chi connectivity index (χ4v) is 4.94. The Morgan fingerprint density at radius 2 is 1.26 bits per heavy atom. The van der Waals surface area contributed by atoms with Crippen LogP contribution in [0.2, 0.25) is 0 Å². The number of likely N-dealkylation sites (N-methyl/N-ethyl adjacent to an activating group) is 1. The topological polar surface area (TPSA) is 35.5 Å². The molecule has 39 heavy (non-hydrogen) atoms. The van der Waals surface area contributed by atoms with Gasteiger partial charge in [-0.15, -0.1) is 0 Å². The van der Waals surface area contributed by atoms with Gasteiger partial charge in [0.15, 0.2) is 6.04 Å². The van der Waals surface area contributed by atoms with E-state index in [0.717, 1.165) is 18.7 Å². The lowest BCUT2D eigenvalue weighted by Gasteiger charge is -2.34. The van der Waals surface area contributed by atoms with Gasteiger partial charge in [-0.1, -0.05) is 120 Å². The number of carbonyl (C=O) groups is 1. The summed E-state index contributed by atoms with van der Waals surface area (Å²) in [6.45, 7) is 5.94. The van der Waals surface area contributed by atoms with Crippen molar-refractivity contribution in [3.8, 4) is 5.75 Å². The largest absolute Gasteiger partial charge is 0.493 e. The lowest BCUT2D eigenvalue weighted by atomic mass is 10.0. The Morgan fingerprint density at radius 3 is 1.85 bits per heavy atom. The molecule has 4 heteroatoms. The summed E-state index contributed by atoms with van der Waals surface area (Å²) in [5.41, 5.74) is 2.60. The van der Waals surface area contributed by atoms with Crippen molar-refractivity contribution in [1.29, 1.82) is 0 Å².